The molecule has 0 aliphatic heterocycles. The number of hydrogen-bond donors (Lipinski definition) is 3. The molecule has 0 spiro atoms. The van der Waals surface area contributed by atoms with Gasteiger partial charge in [-0.3, -0.25) is 0 Å². The Bertz CT molecular complexity index is 520. The minimum absolute atomic E-state index is 0.165. The molecule has 0 heterocycles. The maximum Gasteiger partial charge on any atom is 0.338 e. The number of carbonyl (C=O) groups excluding carboxylic acids is 1. The number of methoxy groups -OCH3 is 1. The number of benzene rings is 1. The van der Waals surface area contributed by atoms with Gasteiger partial charge in [-0.2, -0.15) is 0 Å². The van der Waals surface area contributed by atoms with Crippen molar-refractivity contribution in [1.82, 2.24) is 5.32 Å². The number of urea groups is 1. The second kappa shape index (κ2) is 7.58. The molecule has 0 fully saturated rings. The van der Waals surface area contributed by atoms with E-state index in [9.17, 15) is 14.0 Å². The summed E-state index contributed by atoms with van der Waals surface area (Å²) >= 11 is 0. The van der Waals surface area contributed by atoms with Gasteiger partial charge >= 0.3 is 12.0 Å². The monoisotopic (exact) mass is 298 g/mol. The van der Waals surface area contributed by atoms with Crippen LogP contribution in [0.25, 0.3) is 0 Å². The Morgan fingerprint density at radius 2 is 2.05 bits per heavy atom. The third kappa shape index (κ3) is 5.03. The smallest absolute Gasteiger partial charge is 0.338 e. The normalized spacial score (nSPS) is 12.0. The van der Waals surface area contributed by atoms with Crippen molar-refractivity contribution in [2.24, 2.45) is 5.92 Å². The van der Waals surface area contributed by atoms with Crippen molar-refractivity contribution in [3.8, 4) is 0 Å². The van der Waals surface area contributed by atoms with E-state index in [1.807, 2.05) is 13.8 Å². The van der Waals surface area contributed by atoms with Crippen molar-refractivity contribution in [1.29, 1.82) is 0 Å². The minimum Gasteiger partial charge on any atom is -0.478 e. The molecule has 0 bridgehead atoms. The van der Waals surface area contributed by atoms with E-state index in [1.54, 1.807) is 0 Å². The summed E-state index contributed by atoms with van der Waals surface area (Å²) in [6.07, 6.45) is 0. The highest BCUT2D eigenvalue weighted by Gasteiger charge is 2.17. The van der Waals surface area contributed by atoms with E-state index in [4.69, 9.17) is 9.84 Å². The Kier molecular flexibility index (Phi) is 6.10. The van der Waals surface area contributed by atoms with Crippen LogP contribution >= 0.6 is 0 Å². The van der Waals surface area contributed by atoms with Gasteiger partial charge in [-0.15, -0.1) is 0 Å². The molecule has 7 heteroatoms. The number of carboxylic acid groups (broad SMARTS) is 1. The minimum atomic E-state index is -1.39. The van der Waals surface area contributed by atoms with E-state index in [2.05, 4.69) is 10.6 Å². The average Bonchev–Trinajstić information content (AvgIpc) is 2.40. The number of hydrogen-bond acceptors (Lipinski definition) is 3. The first-order chi connectivity index (χ1) is 9.85. The summed E-state index contributed by atoms with van der Waals surface area (Å²) in [7, 11) is 1.54. The molecule has 1 rings (SSSR count). The predicted octanol–water partition coefficient (Wildman–Crippen LogP) is 2.32. The zero-order chi connectivity index (χ0) is 16.0. The Morgan fingerprint density at radius 1 is 1.38 bits per heavy atom. The fraction of sp³-hybridized carbons (Fsp3) is 0.429. The van der Waals surface area contributed by atoms with Gasteiger partial charge in [0.05, 0.1) is 18.2 Å². The molecule has 0 saturated heterocycles. The lowest BCUT2D eigenvalue weighted by molar-refractivity contribution is 0.0692. The van der Waals surface area contributed by atoms with Gasteiger partial charge in [0, 0.05) is 12.8 Å². The van der Waals surface area contributed by atoms with Gasteiger partial charge in [0.1, 0.15) is 5.82 Å². The van der Waals surface area contributed by atoms with Crippen molar-refractivity contribution >= 4 is 17.7 Å². The molecule has 0 saturated carbocycles. The summed E-state index contributed by atoms with van der Waals surface area (Å²) in [6, 6.07) is 2.66. The Morgan fingerprint density at radius 3 is 2.57 bits per heavy atom. The van der Waals surface area contributed by atoms with Gasteiger partial charge in [-0.1, -0.05) is 13.8 Å². The molecule has 0 aliphatic rings. The summed E-state index contributed by atoms with van der Waals surface area (Å²) in [4.78, 5) is 22.7. The lowest BCUT2D eigenvalue weighted by Crippen LogP contribution is -2.43. The number of carboxylic acids is 1. The van der Waals surface area contributed by atoms with Crippen LogP contribution in [0, 0.1) is 11.7 Å². The first-order valence-electron chi connectivity index (χ1n) is 6.44. The van der Waals surface area contributed by atoms with Crippen LogP contribution in [0.4, 0.5) is 14.9 Å². The number of halogens is 1. The molecule has 0 aliphatic carbocycles. The third-order valence-corrected chi connectivity index (χ3v) is 2.92. The quantitative estimate of drug-likeness (QED) is 0.752. The number of amides is 2. The molecule has 0 radical (unpaired) electrons. The van der Waals surface area contributed by atoms with Crippen LogP contribution in [-0.4, -0.2) is 36.9 Å². The number of aromatic carboxylic acids is 1. The molecule has 0 aromatic heterocycles. The standard InChI is InChI=1S/C14H19FN2O4/c1-8(2)12(7-21-3)17-14(20)16-9-4-5-11(15)10(6-9)13(18)19/h4-6,8,12H,7H2,1-3H3,(H,18,19)(H2,16,17,20). The number of rotatable bonds is 6. The second-order valence-electron chi connectivity index (χ2n) is 4.90. The van der Waals surface area contributed by atoms with Crippen molar-refractivity contribution < 1.29 is 23.8 Å². The summed E-state index contributed by atoms with van der Waals surface area (Å²) in [6.45, 7) is 4.23. The largest absolute Gasteiger partial charge is 0.478 e. The van der Waals surface area contributed by atoms with Crippen molar-refractivity contribution in [3.63, 3.8) is 0 Å². The molecular formula is C14H19FN2O4. The van der Waals surface area contributed by atoms with E-state index in [-0.39, 0.29) is 17.6 Å². The maximum atomic E-state index is 13.2. The van der Waals surface area contributed by atoms with E-state index in [0.29, 0.717) is 6.61 Å². The Labute approximate surface area is 122 Å². The van der Waals surface area contributed by atoms with Crippen LogP contribution < -0.4 is 10.6 Å². The molecule has 3 N–H and O–H groups in total. The average molecular weight is 298 g/mol. The third-order valence-electron chi connectivity index (χ3n) is 2.92. The molecule has 2 amide bonds. The van der Waals surface area contributed by atoms with E-state index in [1.165, 1.54) is 13.2 Å². The topological polar surface area (TPSA) is 87.7 Å². The summed E-state index contributed by atoms with van der Waals surface area (Å²) in [5.74, 6) is -2.08. The van der Waals surface area contributed by atoms with E-state index in [0.717, 1.165) is 12.1 Å². The number of nitrogens with one attached hydrogen (secondary N) is 2. The van der Waals surface area contributed by atoms with Gasteiger partial charge in [0.25, 0.3) is 0 Å². The fourth-order valence-electron chi connectivity index (χ4n) is 1.68. The Balaban J connectivity index is 2.74. The molecule has 116 valence electrons. The van der Waals surface area contributed by atoms with Gasteiger partial charge in [-0.05, 0) is 24.1 Å². The van der Waals surface area contributed by atoms with Crippen LogP contribution in [0.15, 0.2) is 18.2 Å². The van der Waals surface area contributed by atoms with Crippen LogP contribution in [0.2, 0.25) is 0 Å². The van der Waals surface area contributed by atoms with Crippen LogP contribution in [0.1, 0.15) is 24.2 Å². The lowest BCUT2D eigenvalue weighted by atomic mass is 10.1. The molecule has 1 unspecified atom stereocenters. The first kappa shape index (κ1) is 16.9. The molecule has 1 aromatic rings. The summed E-state index contributed by atoms with van der Waals surface area (Å²) < 4.78 is 18.3. The molecular weight excluding hydrogens is 279 g/mol. The molecule has 6 nitrogen and oxygen atoms in total. The molecule has 1 aromatic carbocycles. The lowest BCUT2D eigenvalue weighted by Gasteiger charge is -2.21. The molecule has 1 atom stereocenters. The first-order valence-corrected chi connectivity index (χ1v) is 6.44. The maximum absolute atomic E-state index is 13.2. The van der Waals surface area contributed by atoms with Crippen LogP contribution in [0.3, 0.4) is 0 Å². The SMILES string of the molecule is COCC(NC(=O)Nc1ccc(F)c(C(=O)O)c1)C(C)C. The van der Waals surface area contributed by atoms with Crippen molar-refractivity contribution in [2.75, 3.05) is 19.0 Å². The van der Waals surface area contributed by atoms with Crippen molar-refractivity contribution in [3.05, 3.63) is 29.6 Å². The van der Waals surface area contributed by atoms with Gasteiger partial charge in [0.15, 0.2) is 0 Å². The van der Waals surface area contributed by atoms with Gasteiger partial charge in [0.2, 0.25) is 0 Å². The van der Waals surface area contributed by atoms with Gasteiger partial charge < -0.3 is 20.5 Å². The number of anilines is 1. The highest BCUT2D eigenvalue weighted by atomic mass is 19.1. The summed E-state index contributed by atoms with van der Waals surface area (Å²) in [5, 5.41) is 14.0. The molecule has 21 heavy (non-hydrogen) atoms. The summed E-state index contributed by atoms with van der Waals surface area (Å²) in [5.41, 5.74) is -0.295. The van der Waals surface area contributed by atoms with Gasteiger partial charge in [-0.25, -0.2) is 14.0 Å². The predicted molar refractivity (Wildman–Crippen MR) is 76.0 cm³/mol. The fourth-order valence-corrected chi connectivity index (χ4v) is 1.68. The highest BCUT2D eigenvalue weighted by Crippen LogP contribution is 2.15. The zero-order valence-electron chi connectivity index (χ0n) is 12.1. The Hall–Kier alpha value is -2.15. The van der Waals surface area contributed by atoms with E-state index < -0.39 is 23.4 Å². The second-order valence-corrected chi connectivity index (χ2v) is 4.90. The van der Waals surface area contributed by atoms with Crippen LogP contribution in [-0.2, 0) is 4.74 Å². The van der Waals surface area contributed by atoms with Crippen LogP contribution in [0.5, 0.6) is 0 Å². The van der Waals surface area contributed by atoms with E-state index >= 15 is 0 Å². The number of ether oxygens (including phenoxy) is 1. The zero-order valence-corrected chi connectivity index (χ0v) is 12.1. The number of carbonyl (C=O) groups is 2. The van der Waals surface area contributed by atoms with Crippen molar-refractivity contribution in [2.45, 2.75) is 19.9 Å². The highest BCUT2D eigenvalue weighted by molar-refractivity contribution is 5.93.